The molecule has 1 aliphatic rings. The lowest BCUT2D eigenvalue weighted by molar-refractivity contribution is 0.0989. The molecule has 1 aliphatic carbocycles. The molecule has 1 saturated carbocycles. The standard InChI is InChI=1S/C16H19FN2O/c1-19-10-14(13-8-11(17)6-7-15(13)19)16(20)9-18-12-4-2-3-5-12/h6-8,10,12,18H,2-5,9H2,1H3. The third-order valence-corrected chi connectivity index (χ3v) is 4.16. The summed E-state index contributed by atoms with van der Waals surface area (Å²) < 4.78 is 15.3. The Morgan fingerprint density at radius 2 is 2.15 bits per heavy atom. The van der Waals surface area contributed by atoms with Crippen LogP contribution >= 0.6 is 0 Å². The molecule has 1 fully saturated rings. The fourth-order valence-electron chi connectivity index (χ4n) is 3.05. The van der Waals surface area contributed by atoms with Crippen LogP contribution in [0.25, 0.3) is 10.9 Å². The molecule has 1 N–H and O–H groups in total. The van der Waals surface area contributed by atoms with Gasteiger partial charge in [0.2, 0.25) is 0 Å². The maximum atomic E-state index is 13.4. The molecule has 0 spiro atoms. The Hall–Kier alpha value is -1.68. The highest BCUT2D eigenvalue weighted by Gasteiger charge is 2.18. The SMILES string of the molecule is Cn1cc(C(=O)CNC2CCCC2)c2cc(F)ccc21. The molecule has 0 radical (unpaired) electrons. The Bertz CT molecular complexity index is 641. The van der Waals surface area contributed by atoms with Crippen molar-refractivity contribution in [3.8, 4) is 0 Å². The van der Waals surface area contributed by atoms with Crippen molar-refractivity contribution < 1.29 is 9.18 Å². The van der Waals surface area contributed by atoms with E-state index >= 15 is 0 Å². The van der Waals surface area contributed by atoms with Crippen LogP contribution in [0.15, 0.2) is 24.4 Å². The van der Waals surface area contributed by atoms with Gasteiger partial charge in [0.25, 0.3) is 0 Å². The molecule has 0 unspecified atom stereocenters. The molecule has 0 aliphatic heterocycles. The molecule has 1 aromatic heterocycles. The van der Waals surface area contributed by atoms with Crippen LogP contribution in [0.1, 0.15) is 36.0 Å². The maximum Gasteiger partial charge on any atom is 0.178 e. The first-order valence-corrected chi connectivity index (χ1v) is 7.16. The topological polar surface area (TPSA) is 34.0 Å². The lowest BCUT2D eigenvalue weighted by Gasteiger charge is -2.10. The summed E-state index contributed by atoms with van der Waals surface area (Å²) in [6, 6.07) is 5.04. The number of aryl methyl sites for hydroxylation is 1. The summed E-state index contributed by atoms with van der Waals surface area (Å²) >= 11 is 0. The molecule has 4 heteroatoms. The van der Waals surface area contributed by atoms with Crippen LogP contribution in [0.5, 0.6) is 0 Å². The van der Waals surface area contributed by atoms with Crippen molar-refractivity contribution in [1.82, 2.24) is 9.88 Å². The van der Waals surface area contributed by atoms with Crippen LogP contribution in [0.4, 0.5) is 4.39 Å². The lowest BCUT2D eigenvalue weighted by atomic mass is 10.1. The van der Waals surface area contributed by atoms with Crippen LogP contribution in [0.2, 0.25) is 0 Å². The second-order valence-corrected chi connectivity index (χ2v) is 5.60. The Morgan fingerprint density at radius 3 is 2.90 bits per heavy atom. The fourth-order valence-corrected chi connectivity index (χ4v) is 3.05. The summed E-state index contributed by atoms with van der Waals surface area (Å²) in [4.78, 5) is 12.3. The molecule has 106 valence electrons. The van der Waals surface area contributed by atoms with E-state index < -0.39 is 0 Å². The predicted octanol–water partition coefficient (Wildman–Crippen LogP) is 3.03. The van der Waals surface area contributed by atoms with Gasteiger partial charge >= 0.3 is 0 Å². The number of nitrogens with one attached hydrogen (secondary N) is 1. The van der Waals surface area contributed by atoms with Crippen LogP contribution in [-0.2, 0) is 7.05 Å². The Balaban J connectivity index is 1.81. The summed E-state index contributed by atoms with van der Waals surface area (Å²) in [7, 11) is 1.88. The van der Waals surface area contributed by atoms with E-state index in [2.05, 4.69) is 5.32 Å². The molecule has 0 amide bonds. The summed E-state index contributed by atoms with van der Waals surface area (Å²) in [5, 5.41) is 4.02. The third kappa shape index (κ3) is 2.48. The van der Waals surface area contributed by atoms with Crippen LogP contribution in [0, 0.1) is 5.82 Å². The minimum Gasteiger partial charge on any atom is -0.350 e. The van der Waals surface area contributed by atoms with Gasteiger partial charge in [-0.15, -0.1) is 0 Å². The summed E-state index contributed by atoms with van der Waals surface area (Å²) in [6.07, 6.45) is 6.58. The monoisotopic (exact) mass is 274 g/mol. The number of rotatable bonds is 4. The van der Waals surface area contributed by atoms with Crippen molar-refractivity contribution in [1.29, 1.82) is 0 Å². The molecular weight excluding hydrogens is 255 g/mol. The number of Topliss-reactive ketones (excluding diaryl/α,β-unsaturated/α-hetero) is 1. The quantitative estimate of drug-likeness (QED) is 0.870. The van der Waals surface area contributed by atoms with Crippen molar-refractivity contribution in [2.75, 3.05) is 6.54 Å². The van der Waals surface area contributed by atoms with E-state index in [0.29, 0.717) is 23.5 Å². The zero-order chi connectivity index (χ0) is 14.1. The number of nitrogens with zero attached hydrogens (tertiary/aromatic N) is 1. The average molecular weight is 274 g/mol. The third-order valence-electron chi connectivity index (χ3n) is 4.16. The van der Waals surface area contributed by atoms with Gasteiger partial charge in [-0.25, -0.2) is 4.39 Å². The lowest BCUT2D eigenvalue weighted by Crippen LogP contribution is -2.31. The van der Waals surface area contributed by atoms with E-state index in [9.17, 15) is 9.18 Å². The number of hydrogen-bond acceptors (Lipinski definition) is 2. The van der Waals surface area contributed by atoms with Crippen LogP contribution in [0.3, 0.4) is 0 Å². The van der Waals surface area contributed by atoms with Gasteiger partial charge in [-0.3, -0.25) is 4.79 Å². The number of carbonyl (C=O) groups is 1. The number of hydrogen-bond donors (Lipinski definition) is 1. The fraction of sp³-hybridized carbons (Fsp3) is 0.438. The van der Waals surface area contributed by atoms with Crippen LogP contribution in [-0.4, -0.2) is 22.9 Å². The average Bonchev–Trinajstić information content (AvgIpc) is 3.04. The van der Waals surface area contributed by atoms with E-state index in [-0.39, 0.29) is 11.6 Å². The van der Waals surface area contributed by atoms with Gasteiger partial charge in [0.1, 0.15) is 5.82 Å². The van der Waals surface area contributed by atoms with Crippen molar-refractivity contribution in [3.63, 3.8) is 0 Å². The number of carbonyl (C=O) groups excluding carboxylic acids is 1. The zero-order valence-electron chi connectivity index (χ0n) is 11.7. The zero-order valence-corrected chi connectivity index (χ0v) is 11.7. The number of fused-ring (bicyclic) bond motifs is 1. The molecule has 3 nitrogen and oxygen atoms in total. The highest BCUT2D eigenvalue weighted by Crippen LogP contribution is 2.22. The largest absolute Gasteiger partial charge is 0.350 e. The molecule has 1 heterocycles. The molecule has 0 atom stereocenters. The number of aromatic nitrogens is 1. The van der Waals surface area contributed by atoms with Crippen molar-refractivity contribution >= 4 is 16.7 Å². The second-order valence-electron chi connectivity index (χ2n) is 5.60. The second kappa shape index (κ2) is 5.37. The molecular formula is C16H19FN2O. The van der Waals surface area contributed by atoms with Gasteiger partial charge in [0, 0.05) is 35.8 Å². The summed E-state index contributed by atoms with van der Waals surface area (Å²) in [6.45, 7) is 0.334. The first-order valence-electron chi connectivity index (χ1n) is 7.16. The van der Waals surface area contributed by atoms with E-state index in [1.807, 2.05) is 11.6 Å². The predicted molar refractivity (Wildman–Crippen MR) is 77.5 cm³/mol. The van der Waals surface area contributed by atoms with Gasteiger partial charge in [-0.1, -0.05) is 12.8 Å². The summed E-state index contributed by atoms with van der Waals surface area (Å²) in [5.74, 6) is -0.269. The van der Waals surface area contributed by atoms with E-state index in [4.69, 9.17) is 0 Å². The molecule has 3 rings (SSSR count). The first kappa shape index (κ1) is 13.3. The molecule has 0 saturated heterocycles. The van der Waals surface area contributed by atoms with E-state index in [0.717, 1.165) is 18.4 Å². The molecule has 20 heavy (non-hydrogen) atoms. The minimum absolute atomic E-state index is 0.0353. The maximum absolute atomic E-state index is 13.4. The molecule has 2 aromatic rings. The van der Waals surface area contributed by atoms with Gasteiger partial charge in [-0.2, -0.15) is 0 Å². The van der Waals surface area contributed by atoms with Crippen LogP contribution < -0.4 is 5.32 Å². The minimum atomic E-state index is -0.304. The van der Waals surface area contributed by atoms with Gasteiger partial charge < -0.3 is 9.88 Å². The molecule has 1 aromatic carbocycles. The number of benzene rings is 1. The van der Waals surface area contributed by atoms with Crippen molar-refractivity contribution in [3.05, 3.63) is 35.8 Å². The Labute approximate surface area is 117 Å². The van der Waals surface area contributed by atoms with Gasteiger partial charge in [0.05, 0.1) is 6.54 Å². The number of ketones is 1. The Morgan fingerprint density at radius 1 is 1.40 bits per heavy atom. The van der Waals surface area contributed by atoms with E-state index in [1.165, 1.54) is 25.0 Å². The van der Waals surface area contributed by atoms with Gasteiger partial charge in [-0.05, 0) is 31.0 Å². The van der Waals surface area contributed by atoms with E-state index in [1.54, 1.807) is 12.3 Å². The van der Waals surface area contributed by atoms with Crippen molar-refractivity contribution in [2.24, 2.45) is 7.05 Å². The highest BCUT2D eigenvalue weighted by atomic mass is 19.1. The van der Waals surface area contributed by atoms with Gasteiger partial charge in [0.15, 0.2) is 5.78 Å². The molecule has 0 bridgehead atoms. The first-order chi connectivity index (χ1) is 9.65. The summed E-state index contributed by atoms with van der Waals surface area (Å²) in [5.41, 5.74) is 1.49. The number of halogens is 1. The smallest absolute Gasteiger partial charge is 0.178 e. The Kier molecular flexibility index (Phi) is 3.57. The van der Waals surface area contributed by atoms with Crippen molar-refractivity contribution in [2.45, 2.75) is 31.7 Å². The highest BCUT2D eigenvalue weighted by molar-refractivity contribution is 6.09. The normalized spacial score (nSPS) is 16.1.